The molecule has 2 aromatic rings. The van der Waals surface area contributed by atoms with Gasteiger partial charge in [0.1, 0.15) is 5.82 Å². The summed E-state index contributed by atoms with van der Waals surface area (Å²) >= 11 is 5.34. The molecule has 1 fully saturated rings. The number of rotatable bonds is 4. The summed E-state index contributed by atoms with van der Waals surface area (Å²) < 4.78 is 27.7. The molecule has 0 aromatic heterocycles. The molecule has 128 valence electrons. The van der Waals surface area contributed by atoms with Crippen LogP contribution in [0.1, 0.15) is 33.6 Å². The molecule has 1 aliphatic rings. The maximum Gasteiger partial charge on any atom is 0.265 e. The first-order chi connectivity index (χ1) is 11.9. The van der Waals surface area contributed by atoms with E-state index in [1.165, 1.54) is 24.3 Å². The first-order valence-corrected chi connectivity index (χ1v) is 7.90. The van der Waals surface area contributed by atoms with Crippen molar-refractivity contribution in [3.63, 3.8) is 0 Å². The topological polar surface area (TPSA) is 54.5 Å². The molecule has 7 heteroatoms. The summed E-state index contributed by atoms with van der Waals surface area (Å²) in [6.45, 7) is 0. The predicted molar refractivity (Wildman–Crippen MR) is 87.5 cm³/mol. The van der Waals surface area contributed by atoms with Crippen molar-refractivity contribution in [2.75, 3.05) is 4.90 Å². The van der Waals surface area contributed by atoms with Gasteiger partial charge in [0.15, 0.2) is 5.82 Å². The Hall–Kier alpha value is -2.60. The van der Waals surface area contributed by atoms with E-state index in [1.807, 2.05) is 0 Å². The van der Waals surface area contributed by atoms with Gasteiger partial charge in [-0.05, 0) is 60.8 Å². The molecule has 0 bridgehead atoms. The van der Waals surface area contributed by atoms with Gasteiger partial charge < -0.3 is 0 Å². The Kier molecular flexibility index (Phi) is 4.63. The summed E-state index contributed by atoms with van der Waals surface area (Å²) in [7, 11) is 0. The van der Waals surface area contributed by atoms with Crippen LogP contribution in [-0.4, -0.2) is 17.1 Å². The van der Waals surface area contributed by atoms with Gasteiger partial charge in [-0.2, -0.15) is 0 Å². The maximum atomic E-state index is 14.6. The van der Waals surface area contributed by atoms with Crippen LogP contribution < -0.4 is 4.90 Å². The second-order valence-electron chi connectivity index (χ2n) is 5.67. The zero-order chi connectivity index (χ0) is 18.1. The van der Waals surface area contributed by atoms with Crippen molar-refractivity contribution >= 4 is 34.3 Å². The molecule has 4 nitrogen and oxygen atoms in total. The minimum absolute atomic E-state index is 0.0254. The Morgan fingerprint density at radius 3 is 2.20 bits per heavy atom. The highest BCUT2D eigenvalue weighted by atomic mass is 35.5. The van der Waals surface area contributed by atoms with Crippen LogP contribution in [0, 0.1) is 17.6 Å². The van der Waals surface area contributed by atoms with Gasteiger partial charge in [-0.25, -0.2) is 13.7 Å². The van der Waals surface area contributed by atoms with Gasteiger partial charge in [0.2, 0.25) is 5.91 Å². The van der Waals surface area contributed by atoms with Crippen molar-refractivity contribution < 1.29 is 23.2 Å². The number of hydrogen-bond acceptors (Lipinski definition) is 3. The third-order valence-corrected chi connectivity index (χ3v) is 4.08. The Morgan fingerprint density at radius 2 is 1.64 bits per heavy atom. The van der Waals surface area contributed by atoms with Gasteiger partial charge in [0.25, 0.3) is 11.1 Å². The van der Waals surface area contributed by atoms with Crippen molar-refractivity contribution in [3.05, 3.63) is 65.2 Å². The van der Waals surface area contributed by atoms with E-state index in [2.05, 4.69) is 0 Å². The number of halogens is 3. The molecule has 0 unspecified atom stereocenters. The first kappa shape index (κ1) is 17.2. The normalized spacial score (nSPS) is 13.4. The fraction of sp³-hybridized carbons (Fsp3) is 0.167. The minimum atomic E-state index is -1.05. The van der Waals surface area contributed by atoms with Crippen molar-refractivity contribution in [1.82, 2.24) is 0 Å². The largest absolute Gasteiger partial charge is 0.275 e. The highest BCUT2D eigenvalue weighted by molar-refractivity contribution is 6.67. The number of anilines is 1. The molecule has 0 saturated heterocycles. The first-order valence-electron chi connectivity index (χ1n) is 7.52. The zero-order valence-corrected chi connectivity index (χ0v) is 13.6. The average Bonchev–Trinajstić information content (AvgIpc) is 3.41. The lowest BCUT2D eigenvalue weighted by Crippen LogP contribution is -2.39. The van der Waals surface area contributed by atoms with E-state index >= 15 is 0 Å². The fourth-order valence-corrected chi connectivity index (χ4v) is 2.55. The number of benzene rings is 2. The molecule has 0 atom stereocenters. The van der Waals surface area contributed by atoms with Gasteiger partial charge in [0.05, 0.1) is 11.3 Å². The Labute approximate surface area is 147 Å². The maximum absolute atomic E-state index is 14.6. The highest BCUT2D eigenvalue weighted by Gasteiger charge is 2.38. The summed E-state index contributed by atoms with van der Waals surface area (Å²) in [4.78, 5) is 37.4. The SMILES string of the molecule is O=C(Cl)c1cccc(N(C(=O)c2ccc(F)cc2)C(=O)C2CC2)c1F. The van der Waals surface area contributed by atoms with E-state index in [9.17, 15) is 23.2 Å². The quantitative estimate of drug-likeness (QED) is 0.611. The second kappa shape index (κ2) is 6.72. The van der Waals surface area contributed by atoms with Crippen LogP contribution in [0.3, 0.4) is 0 Å². The third kappa shape index (κ3) is 3.44. The zero-order valence-electron chi connectivity index (χ0n) is 12.8. The van der Waals surface area contributed by atoms with Crippen LogP contribution in [0.4, 0.5) is 14.5 Å². The van der Waals surface area contributed by atoms with E-state index in [0.717, 1.165) is 18.2 Å². The van der Waals surface area contributed by atoms with Crippen molar-refractivity contribution in [3.8, 4) is 0 Å². The summed E-state index contributed by atoms with van der Waals surface area (Å²) in [5.74, 6) is -3.33. The van der Waals surface area contributed by atoms with Gasteiger partial charge in [-0.15, -0.1) is 0 Å². The number of imide groups is 1. The Bertz CT molecular complexity index is 863. The fourth-order valence-electron chi connectivity index (χ4n) is 2.41. The molecule has 0 radical (unpaired) electrons. The summed E-state index contributed by atoms with van der Waals surface area (Å²) in [5, 5.41) is -1.03. The Balaban J connectivity index is 2.08. The molecule has 1 saturated carbocycles. The van der Waals surface area contributed by atoms with Crippen molar-refractivity contribution in [2.45, 2.75) is 12.8 Å². The molecule has 3 rings (SSSR count). The van der Waals surface area contributed by atoms with Crippen molar-refractivity contribution in [1.29, 1.82) is 0 Å². The number of carbonyl (C=O) groups excluding carboxylic acids is 3. The smallest absolute Gasteiger partial charge is 0.265 e. The number of carbonyl (C=O) groups is 3. The van der Waals surface area contributed by atoms with Gasteiger partial charge in [0, 0.05) is 11.5 Å². The summed E-state index contributed by atoms with van der Waals surface area (Å²) in [6, 6.07) is 8.28. The second-order valence-corrected chi connectivity index (χ2v) is 6.02. The van der Waals surface area contributed by atoms with Gasteiger partial charge in [-0.1, -0.05) is 6.07 Å². The lowest BCUT2D eigenvalue weighted by molar-refractivity contribution is -0.119. The average molecular weight is 364 g/mol. The molecule has 2 aromatic carbocycles. The third-order valence-electron chi connectivity index (χ3n) is 3.87. The summed E-state index contributed by atoms with van der Waals surface area (Å²) in [5.41, 5.74) is -0.755. The molecular formula is C18H12ClF2NO3. The predicted octanol–water partition coefficient (Wildman–Crippen LogP) is 3.93. The molecule has 25 heavy (non-hydrogen) atoms. The standard InChI is InChI=1S/C18H12ClF2NO3/c19-16(23)13-2-1-3-14(15(13)21)22(17(24)10-4-5-10)18(25)11-6-8-12(20)9-7-11/h1-3,6-10H,4-5H2. The monoisotopic (exact) mass is 363 g/mol. The van der Waals surface area contributed by atoms with Crippen LogP contribution in [0.15, 0.2) is 42.5 Å². The van der Waals surface area contributed by atoms with E-state index < -0.39 is 34.3 Å². The van der Waals surface area contributed by atoms with Crippen LogP contribution in [-0.2, 0) is 4.79 Å². The number of amides is 2. The molecular weight excluding hydrogens is 352 g/mol. The number of nitrogens with zero attached hydrogens (tertiary/aromatic N) is 1. The van der Waals surface area contributed by atoms with Crippen molar-refractivity contribution in [2.24, 2.45) is 5.92 Å². The highest BCUT2D eigenvalue weighted by Crippen LogP contribution is 2.35. The minimum Gasteiger partial charge on any atom is -0.275 e. The number of hydrogen-bond donors (Lipinski definition) is 0. The van der Waals surface area contributed by atoms with E-state index in [1.54, 1.807) is 0 Å². The molecule has 1 aliphatic carbocycles. The Morgan fingerprint density at radius 1 is 1.00 bits per heavy atom. The molecule has 0 N–H and O–H groups in total. The van der Waals surface area contributed by atoms with E-state index in [4.69, 9.17) is 11.6 Å². The van der Waals surface area contributed by atoms with Crippen LogP contribution in [0.2, 0.25) is 0 Å². The van der Waals surface area contributed by atoms with Crippen LogP contribution >= 0.6 is 11.6 Å². The lowest BCUT2D eigenvalue weighted by atomic mass is 10.1. The summed E-state index contributed by atoms with van der Waals surface area (Å²) in [6.07, 6.45) is 1.20. The molecule has 2 amide bonds. The molecule has 0 heterocycles. The van der Waals surface area contributed by atoms with E-state index in [-0.39, 0.29) is 17.2 Å². The van der Waals surface area contributed by atoms with Crippen LogP contribution in [0.5, 0.6) is 0 Å². The van der Waals surface area contributed by atoms with Crippen LogP contribution in [0.25, 0.3) is 0 Å². The van der Waals surface area contributed by atoms with E-state index in [0.29, 0.717) is 17.7 Å². The van der Waals surface area contributed by atoms with Gasteiger partial charge in [-0.3, -0.25) is 14.4 Å². The molecule has 0 aliphatic heterocycles. The molecule has 0 spiro atoms. The lowest BCUT2D eigenvalue weighted by Gasteiger charge is -2.22. The van der Waals surface area contributed by atoms with Gasteiger partial charge >= 0.3 is 0 Å².